The van der Waals surface area contributed by atoms with Gasteiger partial charge in [0.25, 0.3) is 11.8 Å². The molecule has 0 unspecified atom stereocenters. The van der Waals surface area contributed by atoms with Crippen molar-refractivity contribution in [3.63, 3.8) is 0 Å². The minimum Gasteiger partial charge on any atom is -0.350 e. The van der Waals surface area contributed by atoms with Gasteiger partial charge in [-0.3, -0.25) is 18.7 Å². The number of rotatable bonds is 9. The summed E-state index contributed by atoms with van der Waals surface area (Å²) in [5, 5.41) is 5.95. The van der Waals surface area contributed by atoms with E-state index >= 15 is 0 Å². The molecule has 0 fully saturated rings. The zero-order valence-electron chi connectivity index (χ0n) is 19.8. The summed E-state index contributed by atoms with van der Waals surface area (Å²) in [5.74, 6) is 0.778. The molecule has 0 saturated carbocycles. The summed E-state index contributed by atoms with van der Waals surface area (Å²) >= 11 is 0. The van der Waals surface area contributed by atoms with Crippen LogP contribution in [0.1, 0.15) is 26.3 Å². The van der Waals surface area contributed by atoms with Crippen LogP contribution >= 0.6 is 0 Å². The predicted octanol–water partition coefficient (Wildman–Crippen LogP) is 2.62. The highest BCUT2D eigenvalue weighted by Crippen LogP contribution is 2.09. The molecule has 0 spiro atoms. The van der Waals surface area contributed by atoms with E-state index in [0.29, 0.717) is 29.2 Å². The van der Waals surface area contributed by atoms with E-state index in [9.17, 15) is 9.59 Å². The summed E-state index contributed by atoms with van der Waals surface area (Å²) in [5.41, 5.74) is 1.89. The molecule has 1 atom stereocenters. The number of carbonyl (C=O) groups is 2. The molecule has 1 aromatic carbocycles. The number of imidazole rings is 2. The van der Waals surface area contributed by atoms with Crippen molar-refractivity contribution >= 4 is 11.8 Å². The first-order chi connectivity index (χ1) is 18.2. The van der Waals surface area contributed by atoms with Crippen molar-refractivity contribution in [2.45, 2.75) is 12.5 Å². The first kappa shape index (κ1) is 23.6. The van der Waals surface area contributed by atoms with E-state index in [2.05, 4.69) is 30.6 Å². The van der Waals surface area contributed by atoms with Crippen LogP contribution in [0.25, 0.3) is 11.6 Å². The Morgan fingerprint density at radius 2 is 1.35 bits per heavy atom. The van der Waals surface area contributed by atoms with Gasteiger partial charge in [-0.15, -0.1) is 0 Å². The van der Waals surface area contributed by atoms with Gasteiger partial charge in [0, 0.05) is 43.7 Å². The Balaban J connectivity index is 1.25. The third-order valence-corrected chi connectivity index (χ3v) is 5.73. The van der Waals surface area contributed by atoms with E-state index in [1.165, 1.54) is 12.4 Å². The maximum atomic E-state index is 13.0. The quantitative estimate of drug-likeness (QED) is 0.326. The summed E-state index contributed by atoms with van der Waals surface area (Å²) in [4.78, 5) is 42.5. The second kappa shape index (κ2) is 11.1. The molecule has 0 aliphatic rings. The minimum absolute atomic E-state index is 0.239. The lowest BCUT2D eigenvalue weighted by Crippen LogP contribution is -2.45. The van der Waals surface area contributed by atoms with E-state index in [0.717, 1.165) is 5.56 Å². The lowest BCUT2D eigenvalue weighted by Gasteiger charge is -2.20. The van der Waals surface area contributed by atoms with Crippen molar-refractivity contribution in [2.24, 2.45) is 0 Å². The number of carbonyl (C=O) groups excluding carboxylic acids is 2. The molecule has 2 N–H and O–H groups in total. The molecule has 0 aliphatic heterocycles. The first-order valence-corrected chi connectivity index (χ1v) is 11.7. The van der Waals surface area contributed by atoms with Crippen LogP contribution < -0.4 is 10.6 Å². The molecule has 4 heterocycles. The van der Waals surface area contributed by atoms with Gasteiger partial charge in [0.2, 0.25) is 0 Å². The highest BCUT2D eigenvalue weighted by molar-refractivity contribution is 5.95. The Morgan fingerprint density at radius 1 is 0.757 bits per heavy atom. The smallest absolute Gasteiger partial charge is 0.253 e. The van der Waals surface area contributed by atoms with Gasteiger partial charge in [-0.25, -0.2) is 19.9 Å². The average Bonchev–Trinajstić information content (AvgIpc) is 3.68. The fraction of sp³-hybridized carbons (Fsp3) is 0.111. The number of benzene rings is 1. The molecule has 0 aliphatic carbocycles. The molecule has 10 nitrogen and oxygen atoms in total. The largest absolute Gasteiger partial charge is 0.350 e. The van der Waals surface area contributed by atoms with Crippen molar-refractivity contribution in [1.82, 2.24) is 39.7 Å². The second-order valence-corrected chi connectivity index (χ2v) is 8.32. The number of pyridine rings is 2. The van der Waals surface area contributed by atoms with Crippen LogP contribution in [0.2, 0.25) is 0 Å². The van der Waals surface area contributed by atoms with Gasteiger partial charge in [0.15, 0.2) is 0 Å². The monoisotopic (exact) mass is 492 g/mol. The zero-order chi connectivity index (χ0) is 25.5. The van der Waals surface area contributed by atoms with Crippen LogP contribution in [0.4, 0.5) is 0 Å². The summed E-state index contributed by atoms with van der Waals surface area (Å²) in [6.07, 6.45) is 13.7. The Hall–Kier alpha value is -5.12. The summed E-state index contributed by atoms with van der Waals surface area (Å²) in [6, 6.07) is 16.4. The molecule has 5 aromatic rings. The summed E-state index contributed by atoms with van der Waals surface area (Å²) in [7, 11) is 0. The van der Waals surface area contributed by atoms with Gasteiger partial charge < -0.3 is 10.6 Å². The van der Waals surface area contributed by atoms with Crippen LogP contribution in [-0.4, -0.2) is 53.5 Å². The third-order valence-electron chi connectivity index (χ3n) is 5.73. The summed E-state index contributed by atoms with van der Waals surface area (Å²) in [6.45, 7) is 0.239. The molecular weight excluding hydrogens is 468 g/mol. The molecule has 184 valence electrons. The van der Waals surface area contributed by atoms with Crippen LogP contribution in [0.5, 0.6) is 0 Å². The van der Waals surface area contributed by atoms with Gasteiger partial charge in [-0.2, -0.15) is 0 Å². The predicted molar refractivity (Wildman–Crippen MR) is 136 cm³/mol. The number of nitrogens with one attached hydrogen (secondary N) is 2. The van der Waals surface area contributed by atoms with Crippen molar-refractivity contribution in [2.75, 3.05) is 6.54 Å². The fourth-order valence-electron chi connectivity index (χ4n) is 3.80. The molecular formula is C27H24N8O2. The average molecular weight is 493 g/mol. The van der Waals surface area contributed by atoms with E-state index in [1.54, 1.807) is 70.8 Å². The molecule has 37 heavy (non-hydrogen) atoms. The van der Waals surface area contributed by atoms with Crippen molar-refractivity contribution in [3.05, 3.63) is 121 Å². The lowest BCUT2D eigenvalue weighted by atomic mass is 10.1. The molecule has 4 aromatic heterocycles. The maximum Gasteiger partial charge on any atom is 0.253 e. The van der Waals surface area contributed by atoms with Crippen LogP contribution in [0, 0.1) is 0 Å². The molecule has 5 rings (SSSR count). The van der Waals surface area contributed by atoms with E-state index in [4.69, 9.17) is 0 Å². The topological polar surface area (TPSA) is 120 Å². The minimum atomic E-state index is -0.342. The Kier molecular flexibility index (Phi) is 7.07. The van der Waals surface area contributed by atoms with Crippen LogP contribution in [0.3, 0.4) is 0 Å². The Labute approximate surface area is 213 Å². The first-order valence-electron chi connectivity index (χ1n) is 11.7. The number of hydrogen-bond donors (Lipinski definition) is 2. The SMILES string of the molecule is O=C(NC[C@H](Cc1ccccc1)NC(=O)c1ccc(-n2ccnc2)nc1)c1ccc(-n2ccnc2)nc1. The lowest BCUT2D eigenvalue weighted by molar-refractivity contribution is 0.0908. The number of nitrogens with zero attached hydrogens (tertiary/aromatic N) is 6. The van der Waals surface area contributed by atoms with Gasteiger partial charge in [-0.1, -0.05) is 30.3 Å². The maximum absolute atomic E-state index is 13.0. The number of hydrogen-bond acceptors (Lipinski definition) is 6. The van der Waals surface area contributed by atoms with E-state index in [-0.39, 0.29) is 24.4 Å². The molecule has 10 heteroatoms. The Bertz CT molecular complexity index is 1430. The normalized spacial score (nSPS) is 11.6. The van der Waals surface area contributed by atoms with Gasteiger partial charge in [0.1, 0.15) is 24.3 Å². The van der Waals surface area contributed by atoms with Crippen molar-refractivity contribution < 1.29 is 9.59 Å². The van der Waals surface area contributed by atoms with Gasteiger partial charge >= 0.3 is 0 Å². The van der Waals surface area contributed by atoms with Crippen LogP contribution in [-0.2, 0) is 6.42 Å². The van der Waals surface area contributed by atoms with Gasteiger partial charge in [0.05, 0.1) is 17.2 Å². The molecule has 2 amide bonds. The molecule has 0 radical (unpaired) electrons. The number of aromatic nitrogens is 6. The second-order valence-electron chi connectivity index (χ2n) is 8.32. The third kappa shape index (κ3) is 5.93. The highest BCUT2D eigenvalue weighted by atomic mass is 16.2. The van der Waals surface area contributed by atoms with Crippen LogP contribution in [0.15, 0.2) is 104 Å². The van der Waals surface area contributed by atoms with Gasteiger partial charge in [-0.05, 0) is 36.2 Å². The van der Waals surface area contributed by atoms with Crippen molar-refractivity contribution in [3.8, 4) is 11.6 Å². The fourth-order valence-corrected chi connectivity index (χ4v) is 3.80. The standard InChI is InChI=1S/C27H24N8O2/c36-26(21-6-8-24(30-15-21)34-12-10-28-18-34)32-17-23(14-20-4-2-1-3-5-20)33-27(37)22-7-9-25(31-16-22)35-13-11-29-19-35/h1-13,15-16,18-19,23H,14,17H2,(H,32,36)(H,33,37)/t23-/m0/s1. The molecule has 0 bridgehead atoms. The highest BCUT2D eigenvalue weighted by Gasteiger charge is 2.17. The van der Waals surface area contributed by atoms with E-state index < -0.39 is 0 Å². The molecule has 0 saturated heterocycles. The Morgan fingerprint density at radius 3 is 1.86 bits per heavy atom. The summed E-state index contributed by atoms with van der Waals surface area (Å²) < 4.78 is 3.51. The zero-order valence-corrected chi connectivity index (χ0v) is 19.8. The van der Waals surface area contributed by atoms with Crippen molar-refractivity contribution in [1.29, 1.82) is 0 Å². The number of amides is 2. The van der Waals surface area contributed by atoms with E-state index in [1.807, 2.05) is 30.3 Å².